The van der Waals surface area contributed by atoms with E-state index >= 15 is 0 Å². The van der Waals surface area contributed by atoms with Crippen LogP contribution >= 0.6 is 0 Å². The lowest BCUT2D eigenvalue weighted by Crippen LogP contribution is -2.32. The Morgan fingerprint density at radius 2 is 1.90 bits per heavy atom. The molecule has 2 heterocycles. The molecule has 2 saturated heterocycles. The Morgan fingerprint density at radius 3 is 2.71 bits per heavy atom. The van der Waals surface area contributed by atoms with Crippen LogP contribution in [0.25, 0.3) is 0 Å². The van der Waals surface area contributed by atoms with E-state index in [4.69, 9.17) is 14.2 Å². The van der Waals surface area contributed by atoms with Crippen LogP contribution < -0.4 is 0 Å². The second-order valence-corrected chi connectivity index (χ2v) is 5.97. The smallest absolute Gasteiger partial charge is 0.306 e. The molecule has 0 spiro atoms. The van der Waals surface area contributed by atoms with E-state index in [1.165, 1.54) is 25.7 Å². The number of hydrogen-bond donors (Lipinski definition) is 0. The largest absolute Gasteiger partial charge is 0.457 e. The lowest BCUT2D eigenvalue weighted by Gasteiger charge is -2.16. The van der Waals surface area contributed by atoms with Crippen molar-refractivity contribution >= 4 is 5.97 Å². The maximum absolute atomic E-state index is 11.8. The summed E-state index contributed by atoms with van der Waals surface area (Å²) in [5, 5.41) is 0. The van der Waals surface area contributed by atoms with Gasteiger partial charge in [0.05, 0.1) is 12.7 Å². The molecule has 4 nitrogen and oxygen atoms in total. The molecule has 120 valence electrons. The lowest BCUT2D eigenvalue weighted by molar-refractivity contribution is -0.153. The van der Waals surface area contributed by atoms with Crippen molar-refractivity contribution in [1.82, 2.24) is 0 Å². The van der Waals surface area contributed by atoms with E-state index in [0.717, 1.165) is 32.3 Å². The zero-order chi connectivity index (χ0) is 14.9. The highest BCUT2D eigenvalue weighted by atomic mass is 16.6. The number of fused-ring (bicyclic) bond motifs is 1. The highest BCUT2D eigenvalue weighted by Gasteiger charge is 2.43. The maximum atomic E-state index is 11.8. The molecule has 21 heavy (non-hydrogen) atoms. The van der Waals surface area contributed by atoms with Gasteiger partial charge in [-0.1, -0.05) is 31.8 Å². The Balaban J connectivity index is 1.47. The van der Waals surface area contributed by atoms with E-state index in [1.54, 1.807) is 0 Å². The van der Waals surface area contributed by atoms with Crippen LogP contribution in [0.5, 0.6) is 0 Å². The van der Waals surface area contributed by atoms with Crippen molar-refractivity contribution in [3.8, 4) is 0 Å². The van der Waals surface area contributed by atoms with Crippen LogP contribution in [0.3, 0.4) is 0 Å². The first-order valence-corrected chi connectivity index (χ1v) is 8.35. The van der Waals surface area contributed by atoms with Crippen LogP contribution in [0.15, 0.2) is 12.7 Å². The van der Waals surface area contributed by atoms with Crippen LogP contribution in [0.1, 0.15) is 57.8 Å². The normalized spacial score (nSPS) is 27.5. The molecular weight excluding hydrogens is 268 g/mol. The van der Waals surface area contributed by atoms with E-state index < -0.39 is 0 Å². The molecule has 2 aliphatic heterocycles. The van der Waals surface area contributed by atoms with Crippen LogP contribution in [-0.4, -0.2) is 37.5 Å². The third kappa shape index (κ3) is 5.44. The van der Waals surface area contributed by atoms with Crippen LogP contribution in [-0.2, 0) is 19.0 Å². The summed E-state index contributed by atoms with van der Waals surface area (Å²) in [6.07, 6.45) is 11.4. The monoisotopic (exact) mass is 296 g/mol. The molecule has 2 aliphatic rings. The Hall–Kier alpha value is -0.870. The first-order valence-electron chi connectivity index (χ1n) is 8.35. The summed E-state index contributed by atoms with van der Waals surface area (Å²) < 4.78 is 16.6. The van der Waals surface area contributed by atoms with Gasteiger partial charge in [-0.25, -0.2) is 0 Å². The van der Waals surface area contributed by atoms with Crippen molar-refractivity contribution in [3.05, 3.63) is 12.7 Å². The molecule has 0 N–H and O–H groups in total. The number of hydrogen-bond acceptors (Lipinski definition) is 4. The molecule has 2 rings (SSSR count). The summed E-state index contributed by atoms with van der Waals surface area (Å²) in [5.74, 6) is -0.105. The van der Waals surface area contributed by atoms with E-state index in [1.807, 2.05) is 6.08 Å². The summed E-state index contributed by atoms with van der Waals surface area (Å²) >= 11 is 0. The second-order valence-electron chi connectivity index (χ2n) is 5.97. The van der Waals surface area contributed by atoms with Crippen molar-refractivity contribution in [2.24, 2.45) is 0 Å². The third-order valence-electron chi connectivity index (χ3n) is 4.24. The maximum Gasteiger partial charge on any atom is 0.306 e. The predicted molar refractivity (Wildman–Crippen MR) is 81.1 cm³/mol. The number of carbonyl (C=O) groups excluding carboxylic acids is 1. The van der Waals surface area contributed by atoms with E-state index in [9.17, 15) is 4.79 Å². The number of rotatable bonds is 10. The van der Waals surface area contributed by atoms with Crippen LogP contribution in [0.2, 0.25) is 0 Å². The van der Waals surface area contributed by atoms with E-state index in [-0.39, 0.29) is 24.3 Å². The van der Waals surface area contributed by atoms with Crippen molar-refractivity contribution in [3.63, 3.8) is 0 Å². The van der Waals surface area contributed by atoms with E-state index in [0.29, 0.717) is 13.0 Å². The summed E-state index contributed by atoms with van der Waals surface area (Å²) in [6.45, 7) is 4.93. The molecule has 0 amide bonds. The first kappa shape index (κ1) is 16.5. The van der Waals surface area contributed by atoms with Gasteiger partial charge in [-0.3, -0.25) is 4.79 Å². The summed E-state index contributed by atoms with van der Waals surface area (Å²) in [5.41, 5.74) is 0. The van der Waals surface area contributed by atoms with Crippen LogP contribution in [0, 0.1) is 0 Å². The highest BCUT2D eigenvalue weighted by Crippen LogP contribution is 2.28. The third-order valence-corrected chi connectivity index (χ3v) is 4.24. The standard InChI is InChI=1S/C17H28O4/c1-2-3-4-5-6-7-8-9-10-16(18)21-15-13-20-14-11-12-19-17(14)15/h2,14-15,17H,1,3-13H2. The molecule has 0 aromatic heterocycles. The molecule has 3 atom stereocenters. The Morgan fingerprint density at radius 1 is 1.14 bits per heavy atom. The predicted octanol–water partition coefficient (Wildman–Crippen LogP) is 3.39. The number of esters is 1. The quantitative estimate of drug-likeness (QED) is 0.352. The van der Waals surface area contributed by atoms with Gasteiger partial charge in [0.2, 0.25) is 0 Å². The molecule has 0 radical (unpaired) electrons. The van der Waals surface area contributed by atoms with Gasteiger partial charge in [0.25, 0.3) is 0 Å². The lowest BCUT2D eigenvalue weighted by atomic mass is 10.1. The SMILES string of the molecule is C=CCCCCCCCCC(=O)OC1COC2CCOC21. The van der Waals surface area contributed by atoms with Gasteiger partial charge in [0.15, 0.2) is 6.10 Å². The molecule has 4 heteroatoms. The fourth-order valence-corrected chi connectivity index (χ4v) is 3.02. The van der Waals surface area contributed by atoms with Crippen LogP contribution in [0.4, 0.5) is 0 Å². The van der Waals surface area contributed by atoms with Gasteiger partial charge in [-0.2, -0.15) is 0 Å². The molecule has 0 aromatic rings. The number of allylic oxidation sites excluding steroid dienone is 1. The van der Waals surface area contributed by atoms with Gasteiger partial charge < -0.3 is 14.2 Å². The number of unbranched alkanes of at least 4 members (excludes halogenated alkanes) is 6. The summed E-state index contributed by atoms with van der Waals surface area (Å²) in [7, 11) is 0. The first-order chi connectivity index (χ1) is 10.3. The van der Waals surface area contributed by atoms with Crippen molar-refractivity contribution in [1.29, 1.82) is 0 Å². The molecule has 0 saturated carbocycles. The minimum absolute atomic E-state index is 0.0289. The molecule has 0 aromatic carbocycles. The van der Waals surface area contributed by atoms with Crippen molar-refractivity contribution < 1.29 is 19.0 Å². The fourth-order valence-electron chi connectivity index (χ4n) is 3.02. The molecule has 3 unspecified atom stereocenters. The molecule has 0 bridgehead atoms. The topological polar surface area (TPSA) is 44.8 Å². The van der Waals surface area contributed by atoms with Gasteiger partial charge in [0, 0.05) is 13.0 Å². The fraction of sp³-hybridized carbons (Fsp3) is 0.824. The van der Waals surface area contributed by atoms with Gasteiger partial charge >= 0.3 is 5.97 Å². The zero-order valence-corrected chi connectivity index (χ0v) is 12.9. The van der Waals surface area contributed by atoms with Gasteiger partial charge in [-0.15, -0.1) is 6.58 Å². The Bertz CT molecular complexity index is 329. The Kier molecular flexibility index (Phi) is 7.24. The van der Waals surface area contributed by atoms with Gasteiger partial charge in [-0.05, 0) is 25.7 Å². The second kappa shape index (κ2) is 9.21. The molecular formula is C17H28O4. The molecule has 2 fully saturated rings. The number of ether oxygens (including phenoxy) is 3. The minimum atomic E-state index is -0.191. The average Bonchev–Trinajstić information content (AvgIpc) is 3.07. The van der Waals surface area contributed by atoms with Gasteiger partial charge in [0.1, 0.15) is 6.10 Å². The van der Waals surface area contributed by atoms with Crippen molar-refractivity contribution in [2.45, 2.75) is 76.1 Å². The highest BCUT2D eigenvalue weighted by molar-refractivity contribution is 5.69. The summed E-state index contributed by atoms with van der Waals surface area (Å²) in [6, 6.07) is 0. The molecule has 0 aliphatic carbocycles. The van der Waals surface area contributed by atoms with E-state index in [2.05, 4.69) is 6.58 Å². The van der Waals surface area contributed by atoms with Crippen molar-refractivity contribution in [2.75, 3.05) is 13.2 Å². The zero-order valence-electron chi connectivity index (χ0n) is 12.9. The Labute approximate surface area is 127 Å². The summed E-state index contributed by atoms with van der Waals surface area (Å²) in [4.78, 5) is 11.8. The number of carbonyl (C=O) groups is 1. The minimum Gasteiger partial charge on any atom is -0.457 e. The average molecular weight is 296 g/mol.